The topological polar surface area (TPSA) is 31.4 Å². The molecule has 0 aliphatic rings. The van der Waals surface area contributed by atoms with Gasteiger partial charge in [0.1, 0.15) is 5.69 Å². The van der Waals surface area contributed by atoms with Gasteiger partial charge in [0, 0.05) is 0 Å². The van der Waals surface area contributed by atoms with E-state index in [1.165, 1.54) is 0 Å². The Morgan fingerprint density at radius 2 is 2.00 bits per heavy atom. The number of rotatable bonds is 4. The molecule has 0 unspecified atom stereocenters. The molecule has 0 saturated heterocycles. The minimum Gasteiger partial charge on any atom is -0.494 e. The van der Waals surface area contributed by atoms with Gasteiger partial charge in [-0.1, -0.05) is 0 Å². The monoisotopic (exact) mass is 291 g/mol. The molecular weight excluding hydrogens is 285 g/mol. The second-order valence-corrected chi connectivity index (χ2v) is 3.27. The van der Waals surface area contributed by atoms with Gasteiger partial charge in [-0.25, -0.2) is 13.8 Å². The van der Waals surface area contributed by atoms with Crippen molar-refractivity contribution in [1.29, 1.82) is 0 Å². The largest absolute Gasteiger partial charge is 0.573 e. The maximum Gasteiger partial charge on any atom is 0.573 e. The fourth-order valence-electron chi connectivity index (χ4n) is 1.25. The van der Waals surface area contributed by atoms with Crippen LogP contribution in [0.2, 0.25) is 0 Å². The zero-order valence-corrected chi connectivity index (χ0v) is 9.65. The number of hydrogen-bond acceptors (Lipinski definition) is 3. The Balaban J connectivity index is 3.30. The highest BCUT2D eigenvalue weighted by molar-refractivity contribution is 6.17. The predicted octanol–water partition coefficient (Wildman–Crippen LogP) is 3.67. The normalized spacial score (nSPS) is 11.8. The Morgan fingerprint density at radius 1 is 1.39 bits per heavy atom. The second-order valence-electron chi connectivity index (χ2n) is 3.00. The van der Waals surface area contributed by atoms with Gasteiger partial charge < -0.3 is 9.47 Å². The van der Waals surface area contributed by atoms with Crippen LogP contribution >= 0.6 is 11.6 Å². The molecular formula is C9H7ClF5NO2. The van der Waals surface area contributed by atoms with Crippen LogP contribution in [0.3, 0.4) is 0 Å². The van der Waals surface area contributed by atoms with Crippen LogP contribution in [0.5, 0.6) is 11.5 Å². The molecule has 0 aliphatic carbocycles. The number of pyridine rings is 1. The van der Waals surface area contributed by atoms with Gasteiger partial charge in [0.2, 0.25) is 0 Å². The first-order valence-corrected chi connectivity index (χ1v) is 4.99. The number of nitrogens with zero attached hydrogens (tertiary/aromatic N) is 1. The van der Waals surface area contributed by atoms with Gasteiger partial charge in [0.25, 0.3) is 6.43 Å². The van der Waals surface area contributed by atoms with E-state index in [0.717, 1.165) is 7.11 Å². The molecule has 18 heavy (non-hydrogen) atoms. The Labute approximate surface area is 103 Å². The van der Waals surface area contributed by atoms with Crippen molar-refractivity contribution in [2.24, 2.45) is 0 Å². The van der Waals surface area contributed by atoms with E-state index in [9.17, 15) is 22.0 Å². The maximum atomic E-state index is 12.6. The Hall–Kier alpha value is -1.31. The van der Waals surface area contributed by atoms with E-state index in [-0.39, 0.29) is 5.56 Å². The number of alkyl halides is 6. The third kappa shape index (κ3) is 3.34. The lowest BCUT2D eigenvalue weighted by molar-refractivity contribution is -0.275. The van der Waals surface area contributed by atoms with Crippen LogP contribution in [0.1, 0.15) is 17.7 Å². The molecule has 9 heteroatoms. The van der Waals surface area contributed by atoms with Gasteiger partial charge in [-0.15, -0.1) is 24.8 Å². The summed E-state index contributed by atoms with van der Waals surface area (Å²) < 4.78 is 69.6. The van der Waals surface area contributed by atoms with Crippen LogP contribution in [-0.4, -0.2) is 18.5 Å². The molecule has 0 amide bonds. The molecule has 102 valence electrons. The zero-order chi connectivity index (χ0) is 13.9. The first kappa shape index (κ1) is 14.7. The van der Waals surface area contributed by atoms with Crippen molar-refractivity contribution in [2.75, 3.05) is 7.11 Å². The second kappa shape index (κ2) is 5.55. The molecule has 0 bridgehead atoms. The summed E-state index contributed by atoms with van der Waals surface area (Å²) in [6, 6.07) is 0. The van der Waals surface area contributed by atoms with Crippen LogP contribution in [0, 0.1) is 0 Å². The van der Waals surface area contributed by atoms with E-state index >= 15 is 0 Å². The minimum atomic E-state index is -4.97. The van der Waals surface area contributed by atoms with Gasteiger partial charge >= 0.3 is 6.36 Å². The highest BCUT2D eigenvalue weighted by Crippen LogP contribution is 2.38. The smallest absolute Gasteiger partial charge is 0.494 e. The molecule has 0 fully saturated rings. The molecule has 1 heterocycles. The third-order valence-corrected chi connectivity index (χ3v) is 2.16. The average molecular weight is 292 g/mol. The summed E-state index contributed by atoms with van der Waals surface area (Å²) in [4.78, 5) is 3.18. The van der Waals surface area contributed by atoms with Crippen LogP contribution < -0.4 is 9.47 Å². The fourth-order valence-corrected chi connectivity index (χ4v) is 1.51. The van der Waals surface area contributed by atoms with Crippen molar-refractivity contribution in [3.8, 4) is 11.5 Å². The van der Waals surface area contributed by atoms with Gasteiger partial charge in [0.05, 0.1) is 24.8 Å². The van der Waals surface area contributed by atoms with E-state index < -0.39 is 35.9 Å². The van der Waals surface area contributed by atoms with Crippen molar-refractivity contribution in [3.05, 3.63) is 17.5 Å². The summed E-state index contributed by atoms with van der Waals surface area (Å²) in [5.41, 5.74) is -1.12. The van der Waals surface area contributed by atoms with Gasteiger partial charge in [-0.2, -0.15) is 0 Å². The first-order chi connectivity index (χ1) is 8.30. The molecule has 1 aromatic heterocycles. The summed E-state index contributed by atoms with van der Waals surface area (Å²) in [5.74, 6) is -1.77. The van der Waals surface area contributed by atoms with E-state index in [1.807, 2.05) is 0 Å². The lowest BCUT2D eigenvalue weighted by Crippen LogP contribution is -2.18. The first-order valence-electron chi connectivity index (χ1n) is 4.45. The summed E-state index contributed by atoms with van der Waals surface area (Å²) in [5, 5.41) is 0. The summed E-state index contributed by atoms with van der Waals surface area (Å²) >= 11 is 5.42. The molecule has 0 aromatic carbocycles. The van der Waals surface area contributed by atoms with Gasteiger partial charge in [-0.3, -0.25) is 0 Å². The molecule has 0 saturated carbocycles. The molecule has 0 N–H and O–H groups in total. The number of halogens is 6. The van der Waals surface area contributed by atoms with Crippen LogP contribution in [-0.2, 0) is 5.88 Å². The number of hydrogen-bond donors (Lipinski definition) is 0. The molecule has 3 nitrogen and oxygen atoms in total. The van der Waals surface area contributed by atoms with Gasteiger partial charge in [0.15, 0.2) is 11.5 Å². The number of methoxy groups -OCH3 is 1. The summed E-state index contributed by atoms with van der Waals surface area (Å²) in [6.45, 7) is 0. The predicted molar refractivity (Wildman–Crippen MR) is 52.0 cm³/mol. The number of aromatic nitrogens is 1. The standard InChI is InChI=1S/C9H7ClF5NO2/c1-17-7-4(2-10)5(18-9(13,14)15)3-16-6(7)8(11)12/h3,8H,2H2,1H3. The molecule has 0 spiro atoms. The molecule has 0 radical (unpaired) electrons. The van der Waals surface area contributed by atoms with E-state index in [0.29, 0.717) is 6.20 Å². The Morgan fingerprint density at radius 3 is 2.39 bits per heavy atom. The van der Waals surface area contributed by atoms with Crippen molar-refractivity contribution in [3.63, 3.8) is 0 Å². The summed E-state index contributed by atoms with van der Waals surface area (Å²) in [7, 11) is 1.02. The maximum absolute atomic E-state index is 12.6. The highest BCUT2D eigenvalue weighted by atomic mass is 35.5. The Kier molecular flexibility index (Phi) is 4.55. The quantitative estimate of drug-likeness (QED) is 0.626. The lowest BCUT2D eigenvalue weighted by Gasteiger charge is -2.16. The highest BCUT2D eigenvalue weighted by Gasteiger charge is 2.34. The van der Waals surface area contributed by atoms with Crippen LogP contribution in [0.4, 0.5) is 22.0 Å². The molecule has 0 atom stereocenters. The van der Waals surface area contributed by atoms with Crippen molar-refractivity contribution in [2.45, 2.75) is 18.7 Å². The van der Waals surface area contributed by atoms with Crippen LogP contribution in [0.25, 0.3) is 0 Å². The third-order valence-electron chi connectivity index (χ3n) is 1.90. The minimum absolute atomic E-state index is 0.332. The average Bonchev–Trinajstić information content (AvgIpc) is 2.25. The van der Waals surface area contributed by atoms with E-state index in [1.54, 1.807) is 0 Å². The van der Waals surface area contributed by atoms with E-state index in [4.69, 9.17) is 11.6 Å². The zero-order valence-electron chi connectivity index (χ0n) is 8.89. The molecule has 0 aliphatic heterocycles. The Bertz CT molecular complexity index is 424. The van der Waals surface area contributed by atoms with Crippen molar-refractivity contribution >= 4 is 11.6 Å². The summed E-state index contributed by atoms with van der Waals surface area (Å²) in [6.07, 6.45) is -7.43. The fraction of sp³-hybridized carbons (Fsp3) is 0.444. The lowest BCUT2D eigenvalue weighted by atomic mass is 10.2. The molecule has 1 rings (SSSR count). The van der Waals surface area contributed by atoms with Crippen LogP contribution in [0.15, 0.2) is 6.20 Å². The van der Waals surface area contributed by atoms with E-state index in [2.05, 4.69) is 14.5 Å². The number of ether oxygens (including phenoxy) is 2. The van der Waals surface area contributed by atoms with Crippen molar-refractivity contribution in [1.82, 2.24) is 4.98 Å². The molecule has 1 aromatic rings. The van der Waals surface area contributed by atoms with Crippen molar-refractivity contribution < 1.29 is 31.4 Å². The van der Waals surface area contributed by atoms with Gasteiger partial charge in [-0.05, 0) is 0 Å². The SMILES string of the molecule is COc1c(C(F)F)ncc(OC(F)(F)F)c1CCl.